The minimum absolute atomic E-state index is 0.0567. The van der Waals surface area contributed by atoms with E-state index in [2.05, 4.69) is 18.3 Å². The molecular weight excluding hydrogens is 326 g/mol. The summed E-state index contributed by atoms with van der Waals surface area (Å²) in [5.41, 5.74) is 5.19. The molecule has 1 aliphatic rings. The highest BCUT2D eigenvalue weighted by atomic mass is 16.5. The van der Waals surface area contributed by atoms with E-state index >= 15 is 0 Å². The molecular formula is C22H29NO3. The molecule has 26 heavy (non-hydrogen) atoms. The second-order valence-electron chi connectivity index (χ2n) is 7.02. The van der Waals surface area contributed by atoms with Crippen molar-refractivity contribution in [1.29, 1.82) is 0 Å². The molecule has 0 radical (unpaired) electrons. The van der Waals surface area contributed by atoms with E-state index in [4.69, 9.17) is 9.15 Å². The van der Waals surface area contributed by atoms with Gasteiger partial charge < -0.3 is 14.5 Å². The Morgan fingerprint density at radius 3 is 2.81 bits per heavy atom. The van der Waals surface area contributed by atoms with E-state index < -0.39 is 0 Å². The number of fused-ring (bicyclic) bond motifs is 3. The van der Waals surface area contributed by atoms with Gasteiger partial charge in [-0.25, -0.2) is 0 Å². The van der Waals surface area contributed by atoms with Crippen LogP contribution in [0.3, 0.4) is 0 Å². The summed E-state index contributed by atoms with van der Waals surface area (Å²) in [7, 11) is 0. The van der Waals surface area contributed by atoms with Crippen LogP contribution in [0.2, 0.25) is 0 Å². The summed E-state index contributed by atoms with van der Waals surface area (Å²) < 4.78 is 12.2. The fourth-order valence-corrected chi connectivity index (χ4v) is 3.73. The van der Waals surface area contributed by atoms with Crippen molar-refractivity contribution in [2.75, 3.05) is 13.2 Å². The van der Waals surface area contributed by atoms with Crippen LogP contribution in [0.15, 0.2) is 16.6 Å². The molecule has 1 aliphatic carbocycles. The number of carbonyl (C=O) groups excluding carboxylic acids is 1. The van der Waals surface area contributed by atoms with Crippen molar-refractivity contribution in [3.05, 3.63) is 34.6 Å². The number of furan rings is 1. The number of allylic oxidation sites excluding steroid dienone is 1. The monoisotopic (exact) mass is 355 g/mol. The SMILES string of the molecule is CCCNC(=O)/C=C(\C)c1cc2c3c(oc2c(C)c1OCC)CCCC3. The number of aryl methyl sites for hydroxylation is 3. The van der Waals surface area contributed by atoms with Gasteiger partial charge in [0.15, 0.2) is 0 Å². The zero-order chi connectivity index (χ0) is 18.7. The number of carbonyl (C=O) groups is 1. The van der Waals surface area contributed by atoms with Gasteiger partial charge in [0.25, 0.3) is 0 Å². The van der Waals surface area contributed by atoms with Crippen LogP contribution in [-0.4, -0.2) is 19.1 Å². The van der Waals surface area contributed by atoms with Gasteiger partial charge in [0.2, 0.25) is 5.91 Å². The average Bonchev–Trinajstić information content (AvgIpc) is 3.01. The zero-order valence-electron chi connectivity index (χ0n) is 16.3. The molecule has 1 heterocycles. The summed E-state index contributed by atoms with van der Waals surface area (Å²) in [6, 6.07) is 2.15. The number of hydrogen-bond acceptors (Lipinski definition) is 3. The van der Waals surface area contributed by atoms with Crippen molar-refractivity contribution in [2.45, 2.75) is 59.8 Å². The second-order valence-corrected chi connectivity index (χ2v) is 7.02. The van der Waals surface area contributed by atoms with Crippen molar-refractivity contribution in [1.82, 2.24) is 5.32 Å². The predicted octanol–water partition coefficient (Wildman–Crippen LogP) is 4.95. The number of amides is 1. The van der Waals surface area contributed by atoms with Crippen LogP contribution in [-0.2, 0) is 17.6 Å². The first-order valence-corrected chi connectivity index (χ1v) is 9.73. The van der Waals surface area contributed by atoms with Crippen LogP contribution < -0.4 is 10.1 Å². The molecule has 1 N–H and O–H groups in total. The van der Waals surface area contributed by atoms with Crippen LogP contribution in [0.1, 0.15) is 62.5 Å². The lowest BCUT2D eigenvalue weighted by Crippen LogP contribution is -2.21. The molecule has 0 bridgehead atoms. The van der Waals surface area contributed by atoms with Gasteiger partial charge >= 0.3 is 0 Å². The van der Waals surface area contributed by atoms with Gasteiger partial charge in [0, 0.05) is 41.1 Å². The first-order chi connectivity index (χ1) is 12.6. The maximum Gasteiger partial charge on any atom is 0.244 e. The highest BCUT2D eigenvalue weighted by molar-refractivity contribution is 5.98. The minimum atomic E-state index is -0.0567. The highest BCUT2D eigenvalue weighted by Crippen LogP contribution is 2.41. The molecule has 4 heteroatoms. The Labute approximate surface area is 155 Å². The lowest BCUT2D eigenvalue weighted by Gasteiger charge is -2.15. The third kappa shape index (κ3) is 3.50. The summed E-state index contributed by atoms with van der Waals surface area (Å²) in [4.78, 5) is 12.1. The fourth-order valence-electron chi connectivity index (χ4n) is 3.73. The predicted molar refractivity (Wildman–Crippen MR) is 106 cm³/mol. The van der Waals surface area contributed by atoms with Crippen LogP contribution in [0.5, 0.6) is 5.75 Å². The first kappa shape index (κ1) is 18.6. The first-order valence-electron chi connectivity index (χ1n) is 9.73. The summed E-state index contributed by atoms with van der Waals surface area (Å²) in [5, 5.41) is 4.08. The molecule has 1 aromatic heterocycles. The van der Waals surface area contributed by atoms with Crippen molar-refractivity contribution in [3.8, 4) is 5.75 Å². The van der Waals surface area contributed by atoms with Gasteiger partial charge in [-0.05, 0) is 58.1 Å². The maximum atomic E-state index is 12.1. The molecule has 0 aliphatic heterocycles. The number of ether oxygens (including phenoxy) is 1. The molecule has 4 nitrogen and oxygen atoms in total. The smallest absolute Gasteiger partial charge is 0.244 e. The van der Waals surface area contributed by atoms with E-state index in [0.717, 1.165) is 53.1 Å². The van der Waals surface area contributed by atoms with Crippen LogP contribution in [0.4, 0.5) is 0 Å². The molecule has 0 spiro atoms. The van der Waals surface area contributed by atoms with Crippen LogP contribution in [0.25, 0.3) is 16.5 Å². The number of nitrogens with one attached hydrogen (secondary N) is 1. The molecule has 3 rings (SSSR count). The molecule has 0 fully saturated rings. The molecule has 2 aromatic rings. The zero-order valence-corrected chi connectivity index (χ0v) is 16.3. The van der Waals surface area contributed by atoms with Gasteiger partial charge in [-0.2, -0.15) is 0 Å². The van der Waals surface area contributed by atoms with E-state index in [1.807, 2.05) is 20.8 Å². The Hall–Kier alpha value is -2.23. The Morgan fingerprint density at radius 1 is 1.31 bits per heavy atom. The summed E-state index contributed by atoms with van der Waals surface area (Å²) in [6.45, 7) is 9.32. The topological polar surface area (TPSA) is 51.5 Å². The van der Waals surface area contributed by atoms with Crippen molar-refractivity contribution in [3.63, 3.8) is 0 Å². The largest absolute Gasteiger partial charge is 0.493 e. The Kier molecular flexibility index (Phi) is 5.70. The molecule has 0 saturated carbocycles. The fraction of sp³-hybridized carbons (Fsp3) is 0.500. The quantitative estimate of drug-likeness (QED) is 0.746. The highest BCUT2D eigenvalue weighted by Gasteiger charge is 2.23. The molecule has 0 saturated heterocycles. The van der Waals surface area contributed by atoms with Crippen LogP contribution >= 0.6 is 0 Å². The number of rotatable bonds is 6. The normalized spacial score (nSPS) is 14.4. The lowest BCUT2D eigenvalue weighted by atomic mass is 9.93. The van der Waals surface area contributed by atoms with Crippen LogP contribution in [0, 0.1) is 6.92 Å². The lowest BCUT2D eigenvalue weighted by molar-refractivity contribution is -0.116. The maximum absolute atomic E-state index is 12.1. The van der Waals surface area contributed by atoms with Crippen molar-refractivity contribution in [2.24, 2.45) is 0 Å². The van der Waals surface area contributed by atoms with Gasteiger partial charge in [0.1, 0.15) is 17.1 Å². The van der Waals surface area contributed by atoms with Gasteiger partial charge in [0.05, 0.1) is 6.61 Å². The summed E-state index contributed by atoms with van der Waals surface area (Å²) >= 11 is 0. The Morgan fingerprint density at radius 2 is 2.08 bits per heavy atom. The third-order valence-corrected chi connectivity index (χ3v) is 5.04. The van der Waals surface area contributed by atoms with Crippen molar-refractivity contribution >= 4 is 22.4 Å². The standard InChI is InChI=1S/C22H29NO3/c1-5-11-23-20(24)12-14(3)17-13-18-16-9-7-8-10-19(16)26-22(18)15(4)21(17)25-6-2/h12-13H,5-11H2,1-4H3,(H,23,24)/b14-12+. The molecule has 0 unspecified atom stereocenters. The van der Waals surface area contributed by atoms with Crippen molar-refractivity contribution < 1.29 is 13.9 Å². The molecule has 0 atom stereocenters. The number of hydrogen-bond donors (Lipinski definition) is 1. The van der Waals surface area contributed by atoms with Gasteiger partial charge in [-0.3, -0.25) is 4.79 Å². The number of benzene rings is 1. The average molecular weight is 355 g/mol. The van der Waals surface area contributed by atoms with E-state index in [1.165, 1.54) is 23.8 Å². The molecule has 1 amide bonds. The minimum Gasteiger partial charge on any atom is -0.493 e. The Bertz CT molecular complexity index is 845. The third-order valence-electron chi connectivity index (χ3n) is 5.04. The van der Waals surface area contributed by atoms with E-state index in [1.54, 1.807) is 6.08 Å². The Balaban J connectivity index is 2.11. The molecule has 1 aromatic carbocycles. The summed E-state index contributed by atoms with van der Waals surface area (Å²) in [5.74, 6) is 1.89. The second kappa shape index (κ2) is 7.98. The van der Waals surface area contributed by atoms with E-state index in [0.29, 0.717) is 13.2 Å². The van der Waals surface area contributed by atoms with Gasteiger partial charge in [-0.15, -0.1) is 0 Å². The molecule has 140 valence electrons. The summed E-state index contributed by atoms with van der Waals surface area (Å²) in [6.07, 6.45) is 7.07. The van der Waals surface area contributed by atoms with Gasteiger partial charge in [-0.1, -0.05) is 6.92 Å². The van der Waals surface area contributed by atoms with E-state index in [-0.39, 0.29) is 5.91 Å². The van der Waals surface area contributed by atoms with E-state index in [9.17, 15) is 4.79 Å².